The predicted octanol–water partition coefficient (Wildman–Crippen LogP) is 1.07. The molecule has 1 amide bonds. The molecule has 1 fully saturated rings. The Morgan fingerprint density at radius 1 is 1.37 bits per heavy atom. The van der Waals surface area contributed by atoms with Gasteiger partial charge in [-0.3, -0.25) is 4.79 Å². The van der Waals surface area contributed by atoms with Crippen molar-refractivity contribution in [3.05, 3.63) is 23.2 Å². The first-order chi connectivity index (χ1) is 9.06. The number of nitrogens with two attached hydrogens (primary N) is 1. The molecule has 0 aromatic heterocycles. The van der Waals surface area contributed by atoms with Crippen LogP contribution in [0.2, 0.25) is 5.02 Å². The molecule has 0 radical (unpaired) electrons. The number of rotatable bonds is 3. The van der Waals surface area contributed by atoms with Crippen LogP contribution in [0.1, 0.15) is 0 Å². The van der Waals surface area contributed by atoms with Gasteiger partial charge in [-0.15, -0.1) is 0 Å². The van der Waals surface area contributed by atoms with Gasteiger partial charge in [-0.2, -0.15) is 0 Å². The van der Waals surface area contributed by atoms with Gasteiger partial charge in [0.1, 0.15) is 5.75 Å². The maximum atomic E-state index is 12.0. The summed E-state index contributed by atoms with van der Waals surface area (Å²) in [4.78, 5) is 16.0. The van der Waals surface area contributed by atoms with Crippen molar-refractivity contribution >= 4 is 23.2 Å². The number of halogens is 1. The van der Waals surface area contributed by atoms with E-state index in [4.69, 9.17) is 22.1 Å². The van der Waals surface area contributed by atoms with E-state index in [0.29, 0.717) is 16.5 Å². The summed E-state index contributed by atoms with van der Waals surface area (Å²) in [7, 11) is 2.05. The van der Waals surface area contributed by atoms with E-state index >= 15 is 0 Å². The molecule has 1 aromatic carbocycles. The fraction of sp³-hybridized carbons (Fsp3) is 0.462. The summed E-state index contributed by atoms with van der Waals surface area (Å²) in [5.41, 5.74) is 6.24. The lowest BCUT2D eigenvalue weighted by molar-refractivity contribution is -0.134. The van der Waals surface area contributed by atoms with Crippen molar-refractivity contribution in [1.29, 1.82) is 0 Å². The second kappa shape index (κ2) is 6.12. The third kappa shape index (κ3) is 3.75. The van der Waals surface area contributed by atoms with E-state index in [2.05, 4.69) is 4.90 Å². The summed E-state index contributed by atoms with van der Waals surface area (Å²) in [5, 5.41) is 0.538. The minimum Gasteiger partial charge on any atom is -0.482 e. The zero-order valence-corrected chi connectivity index (χ0v) is 11.7. The molecule has 1 aliphatic heterocycles. The van der Waals surface area contributed by atoms with Gasteiger partial charge < -0.3 is 20.3 Å². The maximum absolute atomic E-state index is 12.0. The van der Waals surface area contributed by atoms with Crippen molar-refractivity contribution in [2.45, 2.75) is 0 Å². The number of hydrogen-bond acceptors (Lipinski definition) is 4. The van der Waals surface area contributed by atoms with Gasteiger partial charge in [-0.25, -0.2) is 0 Å². The summed E-state index contributed by atoms with van der Waals surface area (Å²) >= 11 is 5.86. The Morgan fingerprint density at radius 3 is 2.74 bits per heavy atom. The van der Waals surface area contributed by atoms with Crippen LogP contribution in [0.3, 0.4) is 0 Å². The third-order valence-corrected chi connectivity index (χ3v) is 3.42. The van der Waals surface area contributed by atoms with Crippen LogP contribution in [0.5, 0.6) is 5.75 Å². The molecular formula is C13H18ClN3O2. The van der Waals surface area contributed by atoms with Gasteiger partial charge in [0.25, 0.3) is 5.91 Å². The van der Waals surface area contributed by atoms with Crippen LogP contribution in [-0.2, 0) is 4.79 Å². The lowest BCUT2D eigenvalue weighted by Crippen LogP contribution is -2.48. The largest absolute Gasteiger partial charge is 0.482 e. The van der Waals surface area contributed by atoms with E-state index < -0.39 is 0 Å². The lowest BCUT2D eigenvalue weighted by atomic mass is 10.3. The number of carbonyl (C=O) groups excluding carboxylic acids is 1. The van der Waals surface area contributed by atoms with E-state index in [1.807, 2.05) is 7.05 Å². The monoisotopic (exact) mass is 283 g/mol. The van der Waals surface area contributed by atoms with E-state index in [1.54, 1.807) is 23.1 Å². The summed E-state index contributed by atoms with van der Waals surface area (Å²) in [5.74, 6) is 0.433. The zero-order chi connectivity index (χ0) is 13.8. The van der Waals surface area contributed by atoms with Gasteiger partial charge in [-0.05, 0) is 19.2 Å². The molecule has 1 aromatic rings. The molecule has 0 atom stereocenters. The fourth-order valence-electron chi connectivity index (χ4n) is 1.92. The number of benzene rings is 1. The summed E-state index contributed by atoms with van der Waals surface area (Å²) in [6.07, 6.45) is 0. The Balaban J connectivity index is 1.88. The predicted molar refractivity (Wildman–Crippen MR) is 75.4 cm³/mol. The van der Waals surface area contributed by atoms with E-state index in [0.717, 1.165) is 26.2 Å². The normalized spacial score (nSPS) is 16.4. The maximum Gasteiger partial charge on any atom is 0.260 e. The Bertz CT molecular complexity index is 459. The molecular weight excluding hydrogens is 266 g/mol. The average Bonchev–Trinajstić information content (AvgIpc) is 2.40. The highest BCUT2D eigenvalue weighted by molar-refractivity contribution is 6.30. The second-order valence-corrected chi connectivity index (χ2v) is 5.09. The number of piperazine rings is 1. The fourth-order valence-corrected chi connectivity index (χ4v) is 2.08. The number of carbonyl (C=O) groups is 1. The second-order valence-electron chi connectivity index (χ2n) is 4.65. The highest BCUT2D eigenvalue weighted by Crippen LogP contribution is 2.25. The average molecular weight is 284 g/mol. The van der Waals surface area contributed by atoms with Crippen LogP contribution in [0.25, 0.3) is 0 Å². The Hall–Kier alpha value is -1.46. The molecule has 0 saturated carbocycles. The first-order valence-electron chi connectivity index (χ1n) is 6.20. The molecule has 0 aliphatic carbocycles. The Morgan fingerprint density at radius 2 is 2.05 bits per heavy atom. The number of ether oxygens (including phenoxy) is 1. The Labute approximate surface area is 117 Å². The van der Waals surface area contributed by atoms with Crippen molar-refractivity contribution in [3.8, 4) is 5.75 Å². The number of anilines is 1. The molecule has 0 unspecified atom stereocenters. The van der Waals surface area contributed by atoms with E-state index in [-0.39, 0.29) is 12.5 Å². The first kappa shape index (κ1) is 14.0. The molecule has 0 bridgehead atoms. The van der Waals surface area contributed by atoms with Crippen LogP contribution in [-0.4, -0.2) is 55.5 Å². The van der Waals surface area contributed by atoms with Crippen molar-refractivity contribution < 1.29 is 9.53 Å². The van der Waals surface area contributed by atoms with Gasteiger partial charge in [-0.1, -0.05) is 11.6 Å². The molecule has 2 N–H and O–H groups in total. The lowest BCUT2D eigenvalue weighted by Gasteiger charge is -2.32. The number of nitrogens with zero attached hydrogens (tertiary/aromatic N) is 2. The van der Waals surface area contributed by atoms with Crippen LogP contribution >= 0.6 is 11.6 Å². The minimum atomic E-state index is -0.0209. The van der Waals surface area contributed by atoms with E-state index in [1.165, 1.54) is 0 Å². The number of amides is 1. The van der Waals surface area contributed by atoms with Gasteiger partial charge in [0.15, 0.2) is 6.61 Å². The molecule has 2 rings (SSSR count). The number of hydrogen-bond donors (Lipinski definition) is 1. The number of likely N-dealkylation sites (N-methyl/N-ethyl adjacent to an activating group) is 1. The summed E-state index contributed by atoms with van der Waals surface area (Å²) in [6, 6.07) is 4.97. The van der Waals surface area contributed by atoms with Crippen molar-refractivity contribution in [2.75, 3.05) is 45.6 Å². The topological polar surface area (TPSA) is 58.8 Å². The standard InChI is InChI=1S/C13H18ClN3O2/c1-16-4-6-17(7-5-16)13(18)9-19-12-8-10(14)2-3-11(12)15/h2-3,8H,4-7,9,15H2,1H3. The quantitative estimate of drug-likeness (QED) is 0.843. The van der Waals surface area contributed by atoms with Crippen LogP contribution in [0.4, 0.5) is 5.69 Å². The van der Waals surface area contributed by atoms with Gasteiger partial charge >= 0.3 is 0 Å². The van der Waals surface area contributed by atoms with Gasteiger partial charge in [0.05, 0.1) is 5.69 Å². The van der Waals surface area contributed by atoms with Crippen LogP contribution in [0.15, 0.2) is 18.2 Å². The van der Waals surface area contributed by atoms with Crippen molar-refractivity contribution in [1.82, 2.24) is 9.80 Å². The molecule has 0 spiro atoms. The minimum absolute atomic E-state index is 0.00570. The van der Waals surface area contributed by atoms with Crippen LogP contribution in [0, 0.1) is 0 Å². The molecule has 6 heteroatoms. The SMILES string of the molecule is CN1CCN(C(=O)COc2cc(Cl)ccc2N)CC1. The van der Waals surface area contributed by atoms with E-state index in [9.17, 15) is 4.79 Å². The van der Waals surface area contributed by atoms with Crippen molar-refractivity contribution in [2.24, 2.45) is 0 Å². The summed E-state index contributed by atoms with van der Waals surface area (Å²) < 4.78 is 5.45. The van der Waals surface area contributed by atoms with Gasteiger partial charge in [0.2, 0.25) is 0 Å². The highest BCUT2D eigenvalue weighted by Gasteiger charge is 2.19. The first-order valence-corrected chi connectivity index (χ1v) is 6.58. The molecule has 19 heavy (non-hydrogen) atoms. The molecule has 104 valence electrons. The smallest absolute Gasteiger partial charge is 0.260 e. The van der Waals surface area contributed by atoms with Crippen LogP contribution < -0.4 is 10.5 Å². The number of nitrogen functional groups attached to an aromatic ring is 1. The Kier molecular flexibility index (Phi) is 4.50. The van der Waals surface area contributed by atoms with Crippen molar-refractivity contribution in [3.63, 3.8) is 0 Å². The molecule has 1 saturated heterocycles. The zero-order valence-electron chi connectivity index (χ0n) is 10.9. The third-order valence-electron chi connectivity index (χ3n) is 3.18. The molecule has 5 nitrogen and oxygen atoms in total. The summed E-state index contributed by atoms with van der Waals surface area (Å²) in [6.45, 7) is 3.26. The van der Waals surface area contributed by atoms with Gasteiger partial charge in [0, 0.05) is 37.3 Å². The molecule has 1 heterocycles. The highest BCUT2D eigenvalue weighted by atomic mass is 35.5. The molecule has 1 aliphatic rings.